The van der Waals surface area contributed by atoms with Crippen molar-refractivity contribution in [1.29, 1.82) is 0 Å². The van der Waals surface area contributed by atoms with E-state index in [1.807, 2.05) is 19.1 Å². The molecule has 0 radical (unpaired) electrons. The highest BCUT2D eigenvalue weighted by atomic mass is 79.9. The van der Waals surface area contributed by atoms with E-state index < -0.39 is 17.7 Å². The van der Waals surface area contributed by atoms with Gasteiger partial charge in [0, 0.05) is 16.3 Å². The molecule has 3 rings (SSSR count). The van der Waals surface area contributed by atoms with Gasteiger partial charge in [0.15, 0.2) is 11.5 Å². The summed E-state index contributed by atoms with van der Waals surface area (Å²) in [6.45, 7) is 2.55. The van der Waals surface area contributed by atoms with Gasteiger partial charge in [-0.25, -0.2) is 5.43 Å². The summed E-state index contributed by atoms with van der Waals surface area (Å²) in [6.07, 6.45) is 1.36. The standard InChI is InChI=1S/C25H22BrClN4O5/c1-2-35-21-12-16(11-20(26)22(21)36-14-15-3-7-18(27)8-4-15)13-29-31-25(34)24(33)30-19-9-5-17(6-10-19)23(28)32/h3-13H,2,14H2,1H3,(H2,28,32)(H,30,33)(H,31,34)/b29-13+. The van der Waals surface area contributed by atoms with E-state index in [2.05, 4.69) is 31.8 Å². The maximum atomic E-state index is 12.1. The number of carbonyl (C=O) groups excluding carboxylic acids is 3. The van der Waals surface area contributed by atoms with E-state index in [4.69, 9.17) is 26.8 Å². The van der Waals surface area contributed by atoms with E-state index in [9.17, 15) is 14.4 Å². The molecule has 0 heterocycles. The first-order valence-corrected chi connectivity index (χ1v) is 11.8. The predicted octanol–water partition coefficient (Wildman–Crippen LogP) is 4.27. The molecule has 0 fully saturated rings. The van der Waals surface area contributed by atoms with Crippen molar-refractivity contribution in [3.8, 4) is 11.5 Å². The van der Waals surface area contributed by atoms with E-state index >= 15 is 0 Å². The van der Waals surface area contributed by atoms with Crippen LogP contribution in [0.25, 0.3) is 0 Å². The number of hydrazone groups is 1. The van der Waals surface area contributed by atoms with Gasteiger partial charge in [-0.2, -0.15) is 5.10 Å². The molecular weight excluding hydrogens is 552 g/mol. The lowest BCUT2D eigenvalue weighted by Crippen LogP contribution is -2.32. The third-order valence-electron chi connectivity index (χ3n) is 4.64. The van der Waals surface area contributed by atoms with Crippen LogP contribution in [0.4, 0.5) is 5.69 Å². The molecule has 9 nitrogen and oxygen atoms in total. The summed E-state index contributed by atoms with van der Waals surface area (Å²) < 4.78 is 12.3. The van der Waals surface area contributed by atoms with Crippen LogP contribution in [-0.2, 0) is 16.2 Å². The number of halogens is 2. The molecule has 11 heteroatoms. The van der Waals surface area contributed by atoms with Crippen molar-refractivity contribution in [2.75, 3.05) is 11.9 Å². The number of hydrogen-bond acceptors (Lipinski definition) is 6. The van der Waals surface area contributed by atoms with Crippen LogP contribution in [0.1, 0.15) is 28.4 Å². The first-order valence-electron chi connectivity index (χ1n) is 10.6. The van der Waals surface area contributed by atoms with Crippen LogP contribution in [0.15, 0.2) is 70.2 Å². The first-order chi connectivity index (χ1) is 17.3. The van der Waals surface area contributed by atoms with Crippen LogP contribution in [0.2, 0.25) is 5.02 Å². The normalized spacial score (nSPS) is 10.6. The number of amides is 3. The number of hydrogen-bond donors (Lipinski definition) is 3. The van der Waals surface area contributed by atoms with E-state index in [-0.39, 0.29) is 5.56 Å². The van der Waals surface area contributed by atoms with Gasteiger partial charge in [0.1, 0.15) is 6.61 Å². The molecule has 3 amide bonds. The van der Waals surface area contributed by atoms with Gasteiger partial charge in [0.05, 0.1) is 17.3 Å². The second kappa shape index (κ2) is 12.7. The second-order valence-corrected chi connectivity index (χ2v) is 8.56. The maximum absolute atomic E-state index is 12.1. The molecule has 0 aliphatic carbocycles. The van der Waals surface area contributed by atoms with Gasteiger partial charge in [0.25, 0.3) is 0 Å². The Labute approximate surface area is 220 Å². The van der Waals surface area contributed by atoms with Crippen molar-refractivity contribution in [3.05, 3.63) is 86.8 Å². The minimum Gasteiger partial charge on any atom is -0.490 e. The highest BCUT2D eigenvalue weighted by molar-refractivity contribution is 9.10. The average molecular weight is 574 g/mol. The van der Waals surface area contributed by atoms with Crippen LogP contribution in [0, 0.1) is 0 Å². The van der Waals surface area contributed by atoms with Gasteiger partial charge in [-0.3, -0.25) is 14.4 Å². The van der Waals surface area contributed by atoms with Gasteiger partial charge in [-0.15, -0.1) is 0 Å². The largest absolute Gasteiger partial charge is 0.490 e. The van der Waals surface area contributed by atoms with Crippen molar-refractivity contribution in [2.45, 2.75) is 13.5 Å². The van der Waals surface area contributed by atoms with E-state index in [1.165, 1.54) is 30.5 Å². The smallest absolute Gasteiger partial charge is 0.329 e. The van der Waals surface area contributed by atoms with E-state index in [0.717, 1.165) is 5.56 Å². The van der Waals surface area contributed by atoms with Gasteiger partial charge in [0.2, 0.25) is 5.91 Å². The Bertz CT molecular complexity index is 1280. The van der Waals surface area contributed by atoms with Crippen LogP contribution in [-0.4, -0.2) is 30.5 Å². The van der Waals surface area contributed by atoms with E-state index in [0.29, 0.717) is 45.5 Å². The Morgan fingerprint density at radius 3 is 2.36 bits per heavy atom. The Morgan fingerprint density at radius 2 is 1.72 bits per heavy atom. The van der Waals surface area contributed by atoms with Gasteiger partial charge >= 0.3 is 11.8 Å². The quantitative estimate of drug-likeness (QED) is 0.200. The number of rotatable bonds is 9. The summed E-state index contributed by atoms with van der Waals surface area (Å²) in [6, 6.07) is 16.5. The minimum atomic E-state index is -0.975. The van der Waals surface area contributed by atoms with E-state index in [1.54, 1.807) is 24.3 Å². The number of nitrogens with two attached hydrogens (primary N) is 1. The van der Waals surface area contributed by atoms with Crippen LogP contribution in [0.3, 0.4) is 0 Å². The van der Waals surface area contributed by atoms with Crippen molar-refractivity contribution in [1.82, 2.24) is 5.43 Å². The lowest BCUT2D eigenvalue weighted by Gasteiger charge is -2.14. The van der Waals surface area contributed by atoms with Crippen molar-refractivity contribution >= 4 is 57.2 Å². The number of primary amides is 1. The SMILES string of the molecule is CCOc1cc(/C=N/NC(=O)C(=O)Nc2ccc(C(N)=O)cc2)cc(Br)c1OCc1ccc(Cl)cc1. The number of ether oxygens (including phenoxy) is 2. The third kappa shape index (κ3) is 7.56. The Kier molecular flexibility index (Phi) is 9.43. The zero-order valence-electron chi connectivity index (χ0n) is 19.1. The summed E-state index contributed by atoms with van der Waals surface area (Å²) in [5, 5.41) is 6.88. The number of benzene rings is 3. The zero-order valence-corrected chi connectivity index (χ0v) is 21.4. The third-order valence-corrected chi connectivity index (χ3v) is 5.48. The fourth-order valence-electron chi connectivity index (χ4n) is 2.92. The highest BCUT2D eigenvalue weighted by Crippen LogP contribution is 2.37. The first kappa shape index (κ1) is 26.7. The maximum Gasteiger partial charge on any atom is 0.329 e. The summed E-state index contributed by atoms with van der Waals surface area (Å²) in [7, 11) is 0. The molecule has 0 aliphatic heterocycles. The van der Waals surface area contributed by atoms with Gasteiger partial charge in [-0.05, 0) is 82.5 Å². The molecule has 0 saturated heterocycles. The van der Waals surface area contributed by atoms with Crippen LogP contribution < -0.4 is 25.9 Å². The number of nitrogens with one attached hydrogen (secondary N) is 2. The summed E-state index contributed by atoms with van der Waals surface area (Å²) in [4.78, 5) is 35.3. The molecule has 0 bridgehead atoms. The minimum absolute atomic E-state index is 0.279. The molecule has 0 saturated carbocycles. The second-order valence-electron chi connectivity index (χ2n) is 7.27. The molecule has 3 aromatic rings. The van der Waals surface area contributed by atoms with Crippen molar-refractivity contribution < 1.29 is 23.9 Å². The van der Waals surface area contributed by atoms with Gasteiger partial charge < -0.3 is 20.5 Å². The van der Waals surface area contributed by atoms with Crippen molar-refractivity contribution in [3.63, 3.8) is 0 Å². The molecular formula is C25H22BrClN4O5. The number of nitrogens with zero attached hydrogens (tertiary/aromatic N) is 1. The number of carbonyl (C=O) groups is 3. The molecule has 4 N–H and O–H groups in total. The monoisotopic (exact) mass is 572 g/mol. The molecule has 0 spiro atoms. The molecule has 0 aromatic heterocycles. The molecule has 0 unspecified atom stereocenters. The Morgan fingerprint density at radius 1 is 1.03 bits per heavy atom. The molecule has 36 heavy (non-hydrogen) atoms. The average Bonchev–Trinajstić information content (AvgIpc) is 2.85. The summed E-state index contributed by atoms with van der Waals surface area (Å²) in [5.41, 5.74) is 9.46. The fourth-order valence-corrected chi connectivity index (χ4v) is 3.62. The molecule has 3 aromatic carbocycles. The highest BCUT2D eigenvalue weighted by Gasteiger charge is 2.14. The Hall–Kier alpha value is -3.89. The summed E-state index contributed by atoms with van der Waals surface area (Å²) in [5.74, 6) is -1.51. The zero-order chi connectivity index (χ0) is 26.1. The molecule has 0 aliphatic rings. The lowest BCUT2D eigenvalue weighted by atomic mass is 10.2. The molecule has 186 valence electrons. The topological polar surface area (TPSA) is 132 Å². The van der Waals surface area contributed by atoms with Crippen LogP contribution in [0.5, 0.6) is 11.5 Å². The van der Waals surface area contributed by atoms with Crippen molar-refractivity contribution in [2.24, 2.45) is 10.8 Å². The van der Waals surface area contributed by atoms with Crippen LogP contribution >= 0.6 is 27.5 Å². The lowest BCUT2D eigenvalue weighted by molar-refractivity contribution is -0.136. The van der Waals surface area contributed by atoms with Gasteiger partial charge in [-0.1, -0.05) is 23.7 Å². The molecule has 0 atom stereocenters. The number of anilines is 1. The Balaban J connectivity index is 1.62. The predicted molar refractivity (Wildman–Crippen MR) is 140 cm³/mol. The fraction of sp³-hybridized carbons (Fsp3) is 0.120. The summed E-state index contributed by atoms with van der Waals surface area (Å²) >= 11 is 9.40.